The van der Waals surface area contributed by atoms with E-state index in [9.17, 15) is 4.79 Å². The van der Waals surface area contributed by atoms with Gasteiger partial charge in [-0.1, -0.05) is 5.16 Å². The van der Waals surface area contributed by atoms with Crippen LogP contribution in [0.2, 0.25) is 0 Å². The molecular weight excluding hydrogens is 222 g/mol. The predicted molar refractivity (Wildman–Crippen MR) is 61.7 cm³/mol. The smallest absolute Gasteiger partial charge is 0.243 e. The molecule has 2 heterocycles. The number of carbonyl (C=O) groups excluding carboxylic acids is 1. The molecule has 1 amide bonds. The third-order valence-electron chi connectivity index (χ3n) is 2.85. The number of amides is 1. The molecular formula is C11H17N3O3. The van der Waals surface area contributed by atoms with Crippen molar-refractivity contribution in [1.29, 1.82) is 0 Å². The molecule has 0 aromatic carbocycles. The maximum absolute atomic E-state index is 11.9. The van der Waals surface area contributed by atoms with E-state index in [-0.39, 0.29) is 11.9 Å². The molecule has 94 valence electrons. The Morgan fingerprint density at radius 2 is 2.24 bits per heavy atom. The van der Waals surface area contributed by atoms with Gasteiger partial charge in [-0.25, -0.2) is 0 Å². The minimum Gasteiger partial charge on any atom is -0.379 e. The Balaban J connectivity index is 1.90. The highest BCUT2D eigenvalue weighted by Gasteiger charge is 2.23. The first-order valence-electron chi connectivity index (χ1n) is 5.73. The molecule has 1 saturated heterocycles. The summed E-state index contributed by atoms with van der Waals surface area (Å²) in [5.41, 5.74) is 0.749. The van der Waals surface area contributed by atoms with Crippen molar-refractivity contribution in [3.8, 4) is 0 Å². The number of aromatic nitrogens is 1. The maximum Gasteiger partial charge on any atom is 0.243 e. The Morgan fingerprint density at radius 1 is 1.53 bits per heavy atom. The van der Waals surface area contributed by atoms with E-state index >= 15 is 0 Å². The normalized spacial score (nSPS) is 18.9. The number of morpholine rings is 1. The standard InChI is InChI=1S/C11H17N3O3/c1-8-7-10(17-13-8)12-11(15)9(2)14-3-5-16-6-4-14/h7,9H,3-6H2,1-2H3,(H,12,15)/t9-/m0/s1. The predicted octanol–water partition coefficient (Wildman–Crippen LogP) is 0.642. The van der Waals surface area contributed by atoms with E-state index in [1.165, 1.54) is 0 Å². The maximum atomic E-state index is 11.9. The van der Waals surface area contributed by atoms with Crippen molar-refractivity contribution >= 4 is 11.8 Å². The Kier molecular flexibility index (Phi) is 3.75. The molecule has 1 aromatic heterocycles. The minimum absolute atomic E-state index is 0.0805. The summed E-state index contributed by atoms with van der Waals surface area (Å²) < 4.78 is 10.2. The van der Waals surface area contributed by atoms with Crippen molar-refractivity contribution in [2.45, 2.75) is 19.9 Å². The van der Waals surface area contributed by atoms with Gasteiger partial charge in [0.25, 0.3) is 0 Å². The van der Waals surface area contributed by atoms with E-state index in [0.717, 1.165) is 18.8 Å². The molecule has 17 heavy (non-hydrogen) atoms. The molecule has 2 rings (SSSR count). The second-order valence-corrected chi connectivity index (χ2v) is 4.15. The van der Waals surface area contributed by atoms with Crippen molar-refractivity contribution in [3.63, 3.8) is 0 Å². The molecule has 1 fully saturated rings. The molecule has 1 N–H and O–H groups in total. The number of ether oxygens (including phenoxy) is 1. The number of hydrogen-bond acceptors (Lipinski definition) is 5. The minimum atomic E-state index is -0.190. The number of nitrogens with one attached hydrogen (secondary N) is 1. The number of nitrogens with zero attached hydrogens (tertiary/aromatic N) is 2. The Bertz CT molecular complexity index is 385. The number of hydrogen-bond donors (Lipinski definition) is 1. The third-order valence-corrected chi connectivity index (χ3v) is 2.85. The molecule has 6 heteroatoms. The molecule has 0 saturated carbocycles. The Labute approximate surface area is 99.9 Å². The molecule has 0 aliphatic carbocycles. The fraction of sp³-hybridized carbons (Fsp3) is 0.636. The van der Waals surface area contributed by atoms with Crippen molar-refractivity contribution in [2.75, 3.05) is 31.6 Å². The average molecular weight is 239 g/mol. The first kappa shape index (κ1) is 12.1. The van der Waals surface area contributed by atoms with E-state index in [1.54, 1.807) is 6.07 Å². The van der Waals surface area contributed by atoms with Gasteiger partial charge in [0.1, 0.15) is 0 Å². The molecule has 0 unspecified atom stereocenters. The first-order valence-corrected chi connectivity index (χ1v) is 5.73. The van der Waals surface area contributed by atoms with Crippen molar-refractivity contribution in [1.82, 2.24) is 10.1 Å². The second kappa shape index (κ2) is 5.29. The second-order valence-electron chi connectivity index (χ2n) is 4.15. The first-order chi connectivity index (χ1) is 8.16. The fourth-order valence-corrected chi connectivity index (χ4v) is 1.78. The van der Waals surface area contributed by atoms with E-state index in [0.29, 0.717) is 19.1 Å². The molecule has 1 aliphatic rings. The van der Waals surface area contributed by atoms with Gasteiger partial charge in [0.05, 0.1) is 24.9 Å². The van der Waals surface area contributed by atoms with E-state index in [1.807, 2.05) is 13.8 Å². The van der Waals surface area contributed by atoms with Gasteiger partial charge in [0, 0.05) is 19.2 Å². The van der Waals surface area contributed by atoms with E-state index in [4.69, 9.17) is 9.26 Å². The van der Waals surface area contributed by atoms with Crippen molar-refractivity contribution in [2.24, 2.45) is 0 Å². The molecule has 0 radical (unpaired) electrons. The van der Waals surface area contributed by atoms with Crippen LogP contribution >= 0.6 is 0 Å². The molecule has 6 nitrogen and oxygen atoms in total. The fourth-order valence-electron chi connectivity index (χ4n) is 1.78. The average Bonchev–Trinajstić information content (AvgIpc) is 2.75. The van der Waals surface area contributed by atoms with Crippen LogP contribution in [0.3, 0.4) is 0 Å². The summed E-state index contributed by atoms with van der Waals surface area (Å²) in [4.78, 5) is 14.0. The van der Waals surface area contributed by atoms with Crippen LogP contribution in [0, 0.1) is 6.92 Å². The van der Waals surface area contributed by atoms with Crippen LogP contribution in [-0.4, -0.2) is 48.3 Å². The zero-order valence-electron chi connectivity index (χ0n) is 10.1. The van der Waals surface area contributed by atoms with Gasteiger partial charge in [-0.3, -0.25) is 15.0 Å². The van der Waals surface area contributed by atoms with Crippen LogP contribution in [0.4, 0.5) is 5.88 Å². The SMILES string of the molecule is Cc1cc(NC(=O)[C@H](C)N2CCOCC2)on1. The van der Waals surface area contributed by atoms with Crippen LogP contribution < -0.4 is 5.32 Å². The highest BCUT2D eigenvalue weighted by atomic mass is 16.5. The lowest BCUT2D eigenvalue weighted by Crippen LogP contribution is -2.47. The van der Waals surface area contributed by atoms with E-state index < -0.39 is 0 Å². The number of aryl methyl sites for hydroxylation is 1. The number of carbonyl (C=O) groups is 1. The van der Waals surface area contributed by atoms with Crippen LogP contribution in [-0.2, 0) is 9.53 Å². The molecule has 0 bridgehead atoms. The highest BCUT2D eigenvalue weighted by Crippen LogP contribution is 2.11. The molecule has 0 spiro atoms. The zero-order chi connectivity index (χ0) is 12.3. The lowest BCUT2D eigenvalue weighted by atomic mass is 10.2. The van der Waals surface area contributed by atoms with Crippen LogP contribution in [0.5, 0.6) is 0 Å². The van der Waals surface area contributed by atoms with Gasteiger partial charge < -0.3 is 9.26 Å². The number of rotatable bonds is 3. The summed E-state index contributed by atoms with van der Waals surface area (Å²) in [7, 11) is 0. The summed E-state index contributed by atoms with van der Waals surface area (Å²) in [6.45, 7) is 6.61. The van der Waals surface area contributed by atoms with Crippen LogP contribution in [0.1, 0.15) is 12.6 Å². The largest absolute Gasteiger partial charge is 0.379 e. The lowest BCUT2D eigenvalue weighted by molar-refractivity contribution is -0.122. The quantitative estimate of drug-likeness (QED) is 0.838. The summed E-state index contributed by atoms with van der Waals surface area (Å²) in [6.07, 6.45) is 0. The molecule has 1 aliphatic heterocycles. The van der Waals surface area contributed by atoms with Gasteiger partial charge in [-0.2, -0.15) is 0 Å². The third kappa shape index (κ3) is 3.04. The number of anilines is 1. The summed E-state index contributed by atoms with van der Waals surface area (Å²) in [5, 5.41) is 6.43. The van der Waals surface area contributed by atoms with Gasteiger partial charge in [0.2, 0.25) is 11.8 Å². The van der Waals surface area contributed by atoms with Crippen molar-refractivity contribution < 1.29 is 14.1 Å². The molecule has 1 atom stereocenters. The topological polar surface area (TPSA) is 67.6 Å². The Hall–Kier alpha value is -1.40. The summed E-state index contributed by atoms with van der Waals surface area (Å²) >= 11 is 0. The van der Waals surface area contributed by atoms with Gasteiger partial charge in [0.15, 0.2) is 0 Å². The lowest BCUT2D eigenvalue weighted by Gasteiger charge is -2.30. The highest BCUT2D eigenvalue weighted by molar-refractivity contribution is 5.93. The monoisotopic (exact) mass is 239 g/mol. The van der Waals surface area contributed by atoms with Crippen molar-refractivity contribution in [3.05, 3.63) is 11.8 Å². The van der Waals surface area contributed by atoms with Gasteiger partial charge >= 0.3 is 0 Å². The summed E-state index contributed by atoms with van der Waals surface area (Å²) in [6, 6.07) is 1.51. The van der Waals surface area contributed by atoms with Gasteiger partial charge in [-0.05, 0) is 13.8 Å². The molecule has 1 aromatic rings. The summed E-state index contributed by atoms with van der Waals surface area (Å²) in [5.74, 6) is 0.315. The van der Waals surface area contributed by atoms with Crippen LogP contribution in [0.15, 0.2) is 10.6 Å². The van der Waals surface area contributed by atoms with E-state index in [2.05, 4.69) is 15.4 Å². The van der Waals surface area contributed by atoms with Gasteiger partial charge in [-0.15, -0.1) is 0 Å². The Morgan fingerprint density at radius 3 is 2.82 bits per heavy atom. The zero-order valence-corrected chi connectivity index (χ0v) is 10.1. The van der Waals surface area contributed by atoms with Crippen LogP contribution in [0.25, 0.3) is 0 Å².